The van der Waals surface area contributed by atoms with Crippen LogP contribution in [0.3, 0.4) is 0 Å². The third-order valence-electron chi connectivity index (χ3n) is 3.79. The molecule has 0 aliphatic carbocycles. The molecule has 3 aromatic rings. The quantitative estimate of drug-likeness (QED) is 0.430. The summed E-state index contributed by atoms with van der Waals surface area (Å²) in [4.78, 5) is 11.3. The number of hydrogen-bond donors (Lipinski definition) is 0. The van der Waals surface area contributed by atoms with Gasteiger partial charge in [-0.2, -0.15) is 4.31 Å². The Morgan fingerprint density at radius 2 is 2.04 bits per heavy atom. The van der Waals surface area contributed by atoms with Crippen LogP contribution >= 0.6 is 11.3 Å². The maximum atomic E-state index is 13.1. The maximum absolute atomic E-state index is 13.1. The lowest BCUT2D eigenvalue weighted by molar-refractivity contribution is -0.385. The summed E-state index contributed by atoms with van der Waals surface area (Å²) in [5, 5.41) is 12.9. The van der Waals surface area contributed by atoms with Gasteiger partial charge in [-0.3, -0.25) is 10.1 Å². The van der Waals surface area contributed by atoms with Crippen molar-refractivity contribution in [2.24, 2.45) is 0 Å². The first-order chi connectivity index (χ1) is 12.5. The van der Waals surface area contributed by atoms with Crippen LogP contribution in [0.2, 0.25) is 0 Å². The number of benzene rings is 1. The Bertz CT molecular complexity index is 967. The van der Waals surface area contributed by atoms with Crippen molar-refractivity contribution in [2.75, 3.05) is 6.54 Å². The summed E-state index contributed by atoms with van der Waals surface area (Å²) in [6, 6.07) is 10.7. The van der Waals surface area contributed by atoms with Crippen molar-refractivity contribution in [1.82, 2.24) is 4.31 Å². The van der Waals surface area contributed by atoms with Crippen molar-refractivity contribution in [2.45, 2.75) is 17.9 Å². The topological polar surface area (TPSA) is 93.7 Å². The van der Waals surface area contributed by atoms with E-state index in [2.05, 4.69) is 0 Å². The van der Waals surface area contributed by atoms with E-state index >= 15 is 0 Å². The predicted octanol–water partition coefficient (Wildman–Crippen LogP) is 3.68. The maximum Gasteiger partial charge on any atom is 0.270 e. The third kappa shape index (κ3) is 4.18. The summed E-state index contributed by atoms with van der Waals surface area (Å²) in [6.45, 7) is 0.392. The van der Waals surface area contributed by atoms with Gasteiger partial charge in [0.25, 0.3) is 5.69 Å². The molecule has 0 radical (unpaired) electrons. The van der Waals surface area contributed by atoms with Crippen molar-refractivity contribution in [3.05, 3.63) is 80.9 Å². The minimum atomic E-state index is -3.89. The van der Waals surface area contributed by atoms with E-state index in [1.54, 1.807) is 17.4 Å². The van der Waals surface area contributed by atoms with Crippen LogP contribution in [0.1, 0.15) is 10.4 Å². The molecule has 9 heteroatoms. The lowest BCUT2D eigenvalue weighted by atomic mass is 10.3. The smallest absolute Gasteiger partial charge is 0.270 e. The van der Waals surface area contributed by atoms with E-state index in [1.165, 1.54) is 35.0 Å². The van der Waals surface area contributed by atoms with E-state index in [1.807, 2.05) is 17.5 Å². The van der Waals surface area contributed by atoms with E-state index in [-0.39, 0.29) is 23.7 Å². The normalized spacial score (nSPS) is 11.7. The molecule has 0 N–H and O–H groups in total. The van der Waals surface area contributed by atoms with Gasteiger partial charge in [0.1, 0.15) is 0 Å². The Morgan fingerprint density at radius 1 is 1.19 bits per heavy atom. The lowest BCUT2D eigenvalue weighted by Crippen LogP contribution is -2.32. The van der Waals surface area contributed by atoms with E-state index in [0.717, 1.165) is 10.9 Å². The van der Waals surface area contributed by atoms with Gasteiger partial charge >= 0.3 is 0 Å². The summed E-state index contributed by atoms with van der Waals surface area (Å²) in [7, 11) is -3.89. The van der Waals surface area contributed by atoms with Gasteiger partial charge in [0.15, 0.2) is 0 Å². The third-order valence-corrected chi connectivity index (χ3v) is 6.57. The Labute approximate surface area is 154 Å². The Kier molecular flexibility index (Phi) is 5.50. The fraction of sp³-hybridized carbons (Fsp3) is 0.176. The number of nitro benzene ring substituents is 1. The molecule has 0 amide bonds. The molecule has 0 fully saturated rings. The molecule has 136 valence electrons. The standard InChI is InChI=1S/C17H16N2O5S2/c20-19(21)15-3-1-5-17(11-15)26(22,23)18(12-14-7-9-24-13-14)8-6-16-4-2-10-25-16/h1-5,7,9-11,13H,6,8,12H2. The number of nitrogens with zero attached hydrogens (tertiary/aromatic N) is 2. The Hall–Kier alpha value is -2.49. The van der Waals surface area contributed by atoms with Crippen molar-refractivity contribution in [3.63, 3.8) is 0 Å². The van der Waals surface area contributed by atoms with E-state index in [9.17, 15) is 18.5 Å². The highest BCUT2D eigenvalue weighted by Crippen LogP contribution is 2.23. The van der Waals surface area contributed by atoms with E-state index in [0.29, 0.717) is 12.0 Å². The minimum Gasteiger partial charge on any atom is -0.472 e. The van der Waals surface area contributed by atoms with Gasteiger partial charge in [-0.25, -0.2) is 8.42 Å². The number of thiophene rings is 1. The number of sulfonamides is 1. The lowest BCUT2D eigenvalue weighted by Gasteiger charge is -2.21. The largest absolute Gasteiger partial charge is 0.472 e. The molecular weight excluding hydrogens is 376 g/mol. The molecule has 0 aliphatic heterocycles. The summed E-state index contributed by atoms with van der Waals surface area (Å²) in [5.74, 6) is 0. The molecule has 0 bridgehead atoms. The molecule has 0 spiro atoms. The highest BCUT2D eigenvalue weighted by Gasteiger charge is 2.26. The van der Waals surface area contributed by atoms with Gasteiger partial charge in [-0.1, -0.05) is 12.1 Å². The molecular formula is C17H16N2O5S2. The number of nitro groups is 1. The fourth-order valence-corrected chi connectivity index (χ4v) is 4.63. The zero-order valence-electron chi connectivity index (χ0n) is 13.6. The Balaban J connectivity index is 1.90. The van der Waals surface area contributed by atoms with Crippen LogP contribution in [-0.2, 0) is 23.0 Å². The second-order valence-electron chi connectivity index (χ2n) is 5.55. The number of rotatable bonds is 8. The first-order valence-corrected chi connectivity index (χ1v) is 10.1. The molecule has 0 saturated heterocycles. The highest BCUT2D eigenvalue weighted by atomic mass is 32.2. The summed E-state index contributed by atoms with van der Waals surface area (Å²) < 4.78 is 32.5. The summed E-state index contributed by atoms with van der Waals surface area (Å²) >= 11 is 1.56. The summed E-state index contributed by atoms with van der Waals surface area (Å²) in [5.41, 5.74) is 0.456. The van der Waals surface area contributed by atoms with Crippen molar-refractivity contribution in [1.29, 1.82) is 0 Å². The molecule has 0 atom stereocenters. The molecule has 26 heavy (non-hydrogen) atoms. The van der Waals surface area contributed by atoms with Crippen LogP contribution in [0.4, 0.5) is 5.69 Å². The number of furan rings is 1. The number of non-ortho nitro benzene ring substituents is 1. The summed E-state index contributed by atoms with van der Waals surface area (Å²) in [6.07, 6.45) is 3.53. The number of hydrogen-bond acceptors (Lipinski definition) is 6. The molecule has 0 saturated carbocycles. The Morgan fingerprint density at radius 3 is 2.69 bits per heavy atom. The monoisotopic (exact) mass is 392 g/mol. The van der Waals surface area contributed by atoms with Crippen LogP contribution in [-0.4, -0.2) is 24.2 Å². The second-order valence-corrected chi connectivity index (χ2v) is 8.52. The van der Waals surface area contributed by atoms with Crippen LogP contribution in [0.15, 0.2) is 69.7 Å². The molecule has 3 rings (SSSR count). The molecule has 2 aromatic heterocycles. The van der Waals surface area contributed by atoms with Crippen LogP contribution in [0.5, 0.6) is 0 Å². The SMILES string of the molecule is O=[N+]([O-])c1cccc(S(=O)(=O)N(CCc2cccs2)Cc2ccoc2)c1. The first kappa shape index (κ1) is 18.3. The second kappa shape index (κ2) is 7.81. The molecule has 0 unspecified atom stereocenters. The van der Waals surface area contributed by atoms with Gasteiger partial charge in [0.05, 0.1) is 22.3 Å². The van der Waals surface area contributed by atoms with Crippen LogP contribution in [0, 0.1) is 10.1 Å². The fourth-order valence-electron chi connectivity index (χ4n) is 2.47. The average molecular weight is 392 g/mol. The van der Waals surface area contributed by atoms with Crippen LogP contribution in [0.25, 0.3) is 0 Å². The van der Waals surface area contributed by atoms with Crippen molar-refractivity contribution in [3.8, 4) is 0 Å². The van der Waals surface area contributed by atoms with Gasteiger partial charge < -0.3 is 4.42 Å². The zero-order chi connectivity index (χ0) is 18.6. The molecule has 2 heterocycles. The minimum absolute atomic E-state index is 0.0959. The molecule has 0 aliphatic rings. The average Bonchev–Trinajstić information content (AvgIpc) is 3.32. The van der Waals surface area contributed by atoms with Gasteiger partial charge in [-0.15, -0.1) is 11.3 Å². The predicted molar refractivity (Wildman–Crippen MR) is 97.4 cm³/mol. The van der Waals surface area contributed by atoms with Crippen LogP contribution < -0.4 is 0 Å². The highest BCUT2D eigenvalue weighted by molar-refractivity contribution is 7.89. The zero-order valence-corrected chi connectivity index (χ0v) is 15.3. The van der Waals surface area contributed by atoms with Crippen molar-refractivity contribution >= 4 is 27.0 Å². The van der Waals surface area contributed by atoms with Crippen molar-refractivity contribution < 1.29 is 17.8 Å². The van der Waals surface area contributed by atoms with Gasteiger partial charge in [0.2, 0.25) is 10.0 Å². The van der Waals surface area contributed by atoms with E-state index < -0.39 is 14.9 Å². The van der Waals surface area contributed by atoms with Gasteiger partial charge in [-0.05, 0) is 30.0 Å². The van der Waals surface area contributed by atoms with Gasteiger partial charge in [0, 0.05) is 35.7 Å². The first-order valence-electron chi connectivity index (χ1n) is 7.75. The molecule has 1 aromatic carbocycles. The van der Waals surface area contributed by atoms with E-state index in [4.69, 9.17) is 4.42 Å². The molecule has 7 nitrogen and oxygen atoms in total.